The number of halogens is 1. The van der Waals surface area contributed by atoms with Crippen LogP contribution < -0.4 is 5.56 Å². The molecule has 1 aliphatic rings. The van der Waals surface area contributed by atoms with Gasteiger partial charge in [-0.15, -0.1) is 0 Å². The van der Waals surface area contributed by atoms with E-state index in [0.29, 0.717) is 19.5 Å². The van der Waals surface area contributed by atoms with Gasteiger partial charge in [0, 0.05) is 32.1 Å². The van der Waals surface area contributed by atoms with E-state index in [0.717, 1.165) is 6.42 Å². The number of nitro groups is 1. The highest BCUT2D eigenvalue weighted by Gasteiger charge is 2.20. The van der Waals surface area contributed by atoms with Gasteiger partial charge in [-0.05, 0) is 22.4 Å². The predicted molar refractivity (Wildman–Crippen MR) is 70.9 cm³/mol. The lowest BCUT2D eigenvalue weighted by molar-refractivity contribution is -0.385. The van der Waals surface area contributed by atoms with E-state index in [4.69, 9.17) is 0 Å². The van der Waals surface area contributed by atoms with E-state index in [2.05, 4.69) is 15.9 Å². The van der Waals surface area contributed by atoms with Crippen LogP contribution in [0.5, 0.6) is 0 Å². The molecule has 0 N–H and O–H groups in total. The van der Waals surface area contributed by atoms with Gasteiger partial charge in [0.25, 0.3) is 11.2 Å². The SMILES string of the molecule is O=C1CCCN1CCn1cc([N+](=O)[O-])cc(Br)c1=O. The summed E-state index contributed by atoms with van der Waals surface area (Å²) in [5.74, 6) is 0.0672. The Morgan fingerprint density at radius 1 is 1.37 bits per heavy atom. The van der Waals surface area contributed by atoms with Crippen LogP contribution in [0.25, 0.3) is 0 Å². The number of aromatic nitrogens is 1. The fraction of sp³-hybridized carbons (Fsp3) is 0.455. The van der Waals surface area contributed by atoms with Crippen LogP contribution in [0.1, 0.15) is 12.8 Å². The third-order valence-electron chi connectivity index (χ3n) is 3.02. The fourth-order valence-corrected chi connectivity index (χ4v) is 2.48. The van der Waals surface area contributed by atoms with Crippen LogP contribution >= 0.6 is 15.9 Å². The third-order valence-corrected chi connectivity index (χ3v) is 3.59. The van der Waals surface area contributed by atoms with Gasteiger partial charge in [0.2, 0.25) is 5.91 Å². The minimum Gasteiger partial charge on any atom is -0.341 e. The molecule has 0 bridgehead atoms. The number of rotatable bonds is 4. The first-order valence-corrected chi connectivity index (χ1v) is 6.60. The highest BCUT2D eigenvalue weighted by Crippen LogP contribution is 2.15. The lowest BCUT2D eigenvalue weighted by atomic mass is 10.4. The molecule has 8 heteroatoms. The summed E-state index contributed by atoms with van der Waals surface area (Å²) in [6, 6.07) is 1.18. The monoisotopic (exact) mass is 329 g/mol. The van der Waals surface area contributed by atoms with Crippen molar-refractivity contribution in [1.29, 1.82) is 0 Å². The average molecular weight is 330 g/mol. The standard InChI is InChI=1S/C11H12BrN3O4/c12-9-6-8(15(18)19)7-14(11(9)17)5-4-13-3-1-2-10(13)16/h6-7H,1-5H2. The zero-order valence-electron chi connectivity index (χ0n) is 10.0. The van der Waals surface area contributed by atoms with E-state index in [1.165, 1.54) is 16.8 Å². The summed E-state index contributed by atoms with van der Waals surface area (Å²) in [7, 11) is 0. The number of carbonyl (C=O) groups is 1. The smallest absolute Gasteiger partial charge is 0.286 e. The van der Waals surface area contributed by atoms with Crippen LogP contribution in [-0.4, -0.2) is 33.4 Å². The van der Waals surface area contributed by atoms with Crippen LogP contribution in [0.3, 0.4) is 0 Å². The number of nitrogens with zero attached hydrogens (tertiary/aromatic N) is 3. The Kier molecular flexibility index (Phi) is 3.98. The molecule has 1 aromatic rings. The van der Waals surface area contributed by atoms with E-state index in [-0.39, 0.29) is 28.2 Å². The summed E-state index contributed by atoms with van der Waals surface area (Å²) in [6.45, 7) is 1.33. The van der Waals surface area contributed by atoms with Gasteiger partial charge in [-0.1, -0.05) is 0 Å². The van der Waals surface area contributed by atoms with Gasteiger partial charge in [0.15, 0.2) is 0 Å². The van der Waals surface area contributed by atoms with Crippen molar-refractivity contribution in [2.75, 3.05) is 13.1 Å². The molecular weight excluding hydrogens is 318 g/mol. The van der Waals surface area contributed by atoms with Crippen molar-refractivity contribution in [1.82, 2.24) is 9.47 Å². The maximum atomic E-state index is 11.8. The second-order valence-corrected chi connectivity index (χ2v) is 5.14. The Morgan fingerprint density at radius 2 is 2.11 bits per heavy atom. The molecule has 0 spiro atoms. The number of hydrogen-bond donors (Lipinski definition) is 0. The van der Waals surface area contributed by atoms with Crippen molar-refractivity contribution in [2.24, 2.45) is 0 Å². The van der Waals surface area contributed by atoms with E-state index in [9.17, 15) is 19.7 Å². The molecule has 0 aliphatic carbocycles. The minimum atomic E-state index is -0.554. The lowest BCUT2D eigenvalue weighted by Crippen LogP contribution is -2.31. The summed E-state index contributed by atoms with van der Waals surface area (Å²) in [5.41, 5.74) is -0.489. The molecule has 0 unspecified atom stereocenters. The molecule has 1 fully saturated rings. The van der Waals surface area contributed by atoms with Gasteiger partial charge < -0.3 is 9.47 Å². The molecule has 0 saturated carbocycles. The molecule has 2 rings (SSSR count). The van der Waals surface area contributed by atoms with Crippen LogP contribution in [0, 0.1) is 10.1 Å². The van der Waals surface area contributed by atoms with Gasteiger partial charge in [0.05, 0.1) is 15.6 Å². The summed E-state index contributed by atoms with van der Waals surface area (Å²) < 4.78 is 1.41. The highest BCUT2D eigenvalue weighted by atomic mass is 79.9. The maximum absolute atomic E-state index is 11.8. The number of likely N-dealkylation sites (tertiary alicyclic amines) is 1. The Hall–Kier alpha value is -1.70. The molecule has 0 atom stereocenters. The lowest BCUT2D eigenvalue weighted by Gasteiger charge is -2.16. The number of amides is 1. The highest BCUT2D eigenvalue weighted by molar-refractivity contribution is 9.10. The molecule has 1 aliphatic heterocycles. The Morgan fingerprint density at radius 3 is 2.68 bits per heavy atom. The Labute approximate surface area is 117 Å². The predicted octanol–water partition coefficient (Wildman–Crippen LogP) is 1.14. The van der Waals surface area contributed by atoms with Crippen molar-refractivity contribution in [3.63, 3.8) is 0 Å². The second-order valence-electron chi connectivity index (χ2n) is 4.29. The van der Waals surface area contributed by atoms with E-state index in [1.54, 1.807) is 4.90 Å². The Balaban J connectivity index is 2.17. The largest absolute Gasteiger partial charge is 0.341 e. The second kappa shape index (κ2) is 5.52. The molecule has 0 radical (unpaired) electrons. The molecule has 1 aromatic heterocycles. The molecule has 1 amide bonds. The quantitative estimate of drug-likeness (QED) is 0.612. The maximum Gasteiger partial charge on any atom is 0.286 e. The zero-order chi connectivity index (χ0) is 14.0. The van der Waals surface area contributed by atoms with E-state index < -0.39 is 4.92 Å². The van der Waals surface area contributed by atoms with E-state index >= 15 is 0 Å². The molecule has 7 nitrogen and oxygen atoms in total. The van der Waals surface area contributed by atoms with Crippen LogP contribution in [0.4, 0.5) is 5.69 Å². The topological polar surface area (TPSA) is 85.4 Å². The minimum absolute atomic E-state index is 0.0672. The number of pyridine rings is 1. The first-order chi connectivity index (χ1) is 8.99. The molecule has 2 heterocycles. The van der Waals surface area contributed by atoms with Crippen molar-refractivity contribution in [3.05, 3.63) is 37.2 Å². The summed E-state index contributed by atoms with van der Waals surface area (Å²) in [4.78, 5) is 35.1. The summed E-state index contributed by atoms with van der Waals surface area (Å²) >= 11 is 3.01. The first-order valence-electron chi connectivity index (χ1n) is 5.81. The summed E-state index contributed by atoms with van der Waals surface area (Å²) in [6.07, 6.45) is 2.56. The zero-order valence-corrected chi connectivity index (χ0v) is 11.6. The van der Waals surface area contributed by atoms with Gasteiger partial charge in [-0.2, -0.15) is 0 Å². The van der Waals surface area contributed by atoms with Crippen molar-refractivity contribution >= 4 is 27.5 Å². The molecule has 19 heavy (non-hydrogen) atoms. The van der Waals surface area contributed by atoms with Gasteiger partial charge in [-0.3, -0.25) is 19.7 Å². The normalized spacial score (nSPS) is 15.0. The summed E-state index contributed by atoms with van der Waals surface area (Å²) in [5, 5.41) is 10.7. The molecule has 0 aromatic carbocycles. The first kappa shape index (κ1) is 13.7. The fourth-order valence-electron chi connectivity index (χ4n) is 2.02. The van der Waals surface area contributed by atoms with Crippen molar-refractivity contribution in [3.8, 4) is 0 Å². The van der Waals surface area contributed by atoms with Crippen LogP contribution in [0.2, 0.25) is 0 Å². The van der Waals surface area contributed by atoms with Crippen molar-refractivity contribution in [2.45, 2.75) is 19.4 Å². The Bertz CT molecular complexity index is 584. The molecular formula is C11H12BrN3O4. The van der Waals surface area contributed by atoms with Gasteiger partial charge in [-0.25, -0.2) is 0 Å². The average Bonchev–Trinajstić information content (AvgIpc) is 2.76. The number of hydrogen-bond acceptors (Lipinski definition) is 4. The third kappa shape index (κ3) is 3.01. The van der Waals surface area contributed by atoms with E-state index in [1.807, 2.05) is 0 Å². The van der Waals surface area contributed by atoms with Crippen LogP contribution in [0.15, 0.2) is 21.5 Å². The molecule has 102 valence electrons. The van der Waals surface area contributed by atoms with Crippen molar-refractivity contribution < 1.29 is 9.72 Å². The van der Waals surface area contributed by atoms with Gasteiger partial charge in [0.1, 0.15) is 0 Å². The number of carbonyl (C=O) groups excluding carboxylic acids is 1. The van der Waals surface area contributed by atoms with Crippen LogP contribution in [-0.2, 0) is 11.3 Å². The van der Waals surface area contributed by atoms with Gasteiger partial charge >= 0.3 is 0 Å². The molecule has 1 saturated heterocycles.